The fourth-order valence-corrected chi connectivity index (χ4v) is 3.23. The number of rotatable bonds is 3. The van der Waals surface area contributed by atoms with Crippen molar-refractivity contribution in [2.45, 2.75) is 25.4 Å². The zero-order valence-corrected chi connectivity index (χ0v) is 12.8. The second-order valence-corrected chi connectivity index (χ2v) is 5.97. The molecular weight excluding hydrogens is 282 g/mol. The maximum absolute atomic E-state index is 12.3. The van der Waals surface area contributed by atoms with E-state index in [9.17, 15) is 9.59 Å². The highest BCUT2D eigenvalue weighted by Crippen LogP contribution is 2.18. The molecule has 0 aliphatic carbocycles. The second kappa shape index (κ2) is 7.07. The Kier molecular flexibility index (Phi) is 4.90. The van der Waals surface area contributed by atoms with Gasteiger partial charge in [0, 0.05) is 56.7 Å². The Morgan fingerprint density at radius 2 is 1.73 bits per heavy atom. The third kappa shape index (κ3) is 3.75. The van der Waals surface area contributed by atoms with Gasteiger partial charge in [0.25, 0.3) is 0 Å². The number of carbonyl (C=O) groups is 1. The summed E-state index contributed by atoms with van der Waals surface area (Å²) >= 11 is 0. The van der Waals surface area contributed by atoms with Crippen molar-refractivity contribution in [1.29, 1.82) is 0 Å². The molecule has 6 nitrogen and oxygen atoms in total. The standard InChI is InChI=1S/C16H23N3O3/c20-15-3-5-17(6-4-15)13-16(21)19-7-1-14(2-8-19)18-9-11-22-12-10-18/h3-6,14H,1-2,7-13H2. The van der Waals surface area contributed by atoms with Crippen LogP contribution in [-0.4, -0.2) is 65.7 Å². The predicted octanol–water partition coefficient (Wildman–Crippen LogP) is 0.172. The number of amides is 1. The Balaban J connectivity index is 1.49. The highest BCUT2D eigenvalue weighted by atomic mass is 16.5. The van der Waals surface area contributed by atoms with Crippen molar-refractivity contribution >= 4 is 5.91 Å². The molecule has 0 spiro atoms. The molecule has 1 amide bonds. The molecule has 0 N–H and O–H groups in total. The van der Waals surface area contributed by atoms with Gasteiger partial charge in [0.05, 0.1) is 13.2 Å². The second-order valence-electron chi connectivity index (χ2n) is 5.97. The summed E-state index contributed by atoms with van der Waals surface area (Å²) in [6.07, 6.45) is 5.41. The third-order valence-electron chi connectivity index (χ3n) is 4.56. The molecule has 0 unspecified atom stereocenters. The van der Waals surface area contributed by atoms with Crippen LogP contribution >= 0.6 is 0 Å². The SMILES string of the molecule is O=C(Cn1ccc(=O)cc1)N1CCC(N2CCOCC2)CC1. The molecule has 3 heterocycles. The van der Waals surface area contributed by atoms with Gasteiger partial charge in [0.1, 0.15) is 6.54 Å². The van der Waals surface area contributed by atoms with E-state index in [4.69, 9.17) is 4.74 Å². The quantitative estimate of drug-likeness (QED) is 0.799. The fourth-order valence-electron chi connectivity index (χ4n) is 3.23. The van der Waals surface area contributed by atoms with Gasteiger partial charge in [-0.3, -0.25) is 14.5 Å². The van der Waals surface area contributed by atoms with Gasteiger partial charge < -0.3 is 14.2 Å². The van der Waals surface area contributed by atoms with Gasteiger partial charge in [0.2, 0.25) is 5.91 Å². The van der Waals surface area contributed by atoms with E-state index < -0.39 is 0 Å². The Hall–Kier alpha value is -1.66. The molecule has 0 aromatic carbocycles. The molecule has 0 radical (unpaired) electrons. The average Bonchev–Trinajstić information content (AvgIpc) is 2.58. The lowest BCUT2D eigenvalue weighted by atomic mass is 10.0. The van der Waals surface area contributed by atoms with E-state index in [0.717, 1.165) is 52.2 Å². The summed E-state index contributed by atoms with van der Waals surface area (Å²) < 4.78 is 7.16. The summed E-state index contributed by atoms with van der Waals surface area (Å²) in [5.74, 6) is 0.129. The van der Waals surface area contributed by atoms with E-state index in [1.165, 1.54) is 12.1 Å². The van der Waals surface area contributed by atoms with Gasteiger partial charge in [-0.15, -0.1) is 0 Å². The number of nitrogens with zero attached hydrogens (tertiary/aromatic N) is 3. The van der Waals surface area contributed by atoms with Crippen LogP contribution in [0.4, 0.5) is 0 Å². The number of likely N-dealkylation sites (tertiary alicyclic amines) is 1. The van der Waals surface area contributed by atoms with Crippen LogP contribution in [0.3, 0.4) is 0 Å². The van der Waals surface area contributed by atoms with Crippen LogP contribution in [0, 0.1) is 0 Å². The maximum atomic E-state index is 12.3. The molecule has 1 aromatic heterocycles. The summed E-state index contributed by atoms with van der Waals surface area (Å²) in [6, 6.07) is 3.55. The zero-order chi connectivity index (χ0) is 15.4. The normalized spacial score (nSPS) is 21.0. The van der Waals surface area contributed by atoms with Gasteiger partial charge >= 0.3 is 0 Å². The molecule has 2 aliphatic heterocycles. The van der Waals surface area contributed by atoms with Gasteiger partial charge in [-0.1, -0.05) is 0 Å². The first-order chi connectivity index (χ1) is 10.7. The minimum absolute atomic E-state index is 0.0324. The highest BCUT2D eigenvalue weighted by molar-refractivity contribution is 5.76. The number of ether oxygens (including phenoxy) is 1. The first-order valence-electron chi connectivity index (χ1n) is 7.98. The van der Waals surface area contributed by atoms with E-state index >= 15 is 0 Å². The first kappa shape index (κ1) is 15.2. The fraction of sp³-hybridized carbons (Fsp3) is 0.625. The topological polar surface area (TPSA) is 54.8 Å². The molecule has 2 aliphatic rings. The average molecular weight is 305 g/mol. The zero-order valence-electron chi connectivity index (χ0n) is 12.8. The summed E-state index contributed by atoms with van der Waals surface area (Å²) in [6.45, 7) is 5.62. The smallest absolute Gasteiger partial charge is 0.242 e. The Labute approximate surface area is 130 Å². The molecule has 2 fully saturated rings. The van der Waals surface area contributed by atoms with Crippen molar-refractivity contribution in [1.82, 2.24) is 14.4 Å². The number of hydrogen-bond acceptors (Lipinski definition) is 4. The minimum atomic E-state index is -0.0324. The lowest BCUT2D eigenvalue weighted by molar-refractivity contribution is -0.133. The summed E-state index contributed by atoms with van der Waals surface area (Å²) in [5, 5.41) is 0. The van der Waals surface area contributed by atoms with E-state index in [0.29, 0.717) is 12.6 Å². The van der Waals surface area contributed by atoms with Crippen molar-refractivity contribution in [3.05, 3.63) is 34.7 Å². The van der Waals surface area contributed by atoms with E-state index in [2.05, 4.69) is 4.90 Å². The molecule has 6 heteroatoms. The Bertz CT molecular complexity index is 538. The van der Waals surface area contributed by atoms with Crippen LogP contribution in [0.25, 0.3) is 0 Å². The van der Waals surface area contributed by atoms with Gasteiger partial charge in [-0.05, 0) is 12.8 Å². The van der Waals surface area contributed by atoms with Crippen LogP contribution in [0.15, 0.2) is 29.3 Å². The van der Waals surface area contributed by atoms with Crippen molar-refractivity contribution in [2.75, 3.05) is 39.4 Å². The number of carbonyl (C=O) groups excluding carboxylic acids is 1. The van der Waals surface area contributed by atoms with Gasteiger partial charge in [-0.2, -0.15) is 0 Å². The number of pyridine rings is 1. The van der Waals surface area contributed by atoms with Gasteiger partial charge in [-0.25, -0.2) is 0 Å². The first-order valence-corrected chi connectivity index (χ1v) is 7.98. The van der Waals surface area contributed by atoms with Crippen LogP contribution in [-0.2, 0) is 16.1 Å². The Morgan fingerprint density at radius 3 is 2.36 bits per heavy atom. The summed E-state index contributed by atoms with van der Waals surface area (Å²) in [5.41, 5.74) is -0.0324. The molecule has 1 aromatic rings. The molecule has 0 bridgehead atoms. The molecule has 22 heavy (non-hydrogen) atoms. The Morgan fingerprint density at radius 1 is 1.09 bits per heavy atom. The number of hydrogen-bond donors (Lipinski definition) is 0. The monoisotopic (exact) mass is 305 g/mol. The van der Waals surface area contributed by atoms with Gasteiger partial charge in [0.15, 0.2) is 5.43 Å². The van der Waals surface area contributed by atoms with Crippen LogP contribution in [0.1, 0.15) is 12.8 Å². The maximum Gasteiger partial charge on any atom is 0.242 e. The molecule has 3 rings (SSSR count). The number of aromatic nitrogens is 1. The van der Waals surface area contributed by atoms with Crippen LogP contribution in [0.5, 0.6) is 0 Å². The summed E-state index contributed by atoms with van der Waals surface area (Å²) in [4.78, 5) is 27.8. The highest BCUT2D eigenvalue weighted by Gasteiger charge is 2.27. The van der Waals surface area contributed by atoms with E-state index in [-0.39, 0.29) is 11.3 Å². The lowest BCUT2D eigenvalue weighted by Crippen LogP contribution is -2.50. The largest absolute Gasteiger partial charge is 0.379 e. The van der Waals surface area contributed by atoms with Crippen LogP contribution in [0.2, 0.25) is 0 Å². The van der Waals surface area contributed by atoms with Crippen molar-refractivity contribution in [3.8, 4) is 0 Å². The third-order valence-corrected chi connectivity index (χ3v) is 4.56. The predicted molar refractivity (Wildman–Crippen MR) is 82.7 cm³/mol. The van der Waals surface area contributed by atoms with Crippen molar-refractivity contribution < 1.29 is 9.53 Å². The van der Waals surface area contributed by atoms with Crippen molar-refractivity contribution in [3.63, 3.8) is 0 Å². The van der Waals surface area contributed by atoms with E-state index in [1.54, 1.807) is 17.0 Å². The molecule has 0 saturated carbocycles. The molecular formula is C16H23N3O3. The van der Waals surface area contributed by atoms with E-state index in [1.807, 2.05) is 4.90 Å². The molecule has 2 saturated heterocycles. The van der Waals surface area contributed by atoms with Crippen molar-refractivity contribution in [2.24, 2.45) is 0 Å². The number of morpholine rings is 1. The lowest BCUT2D eigenvalue weighted by Gasteiger charge is -2.40. The number of piperidine rings is 1. The minimum Gasteiger partial charge on any atom is -0.379 e. The van der Waals surface area contributed by atoms with Crippen LogP contribution < -0.4 is 5.43 Å². The molecule has 0 atom stereocenters. The summed E-state index contributed by atoms with van der Waals surface area (Å²) in [7, 11) is 0. The molecule has 120 valence electrons.